The zero-order valence-electron chi connectivity index (χ0n) is 13.9. The molecule has 2 atom stereocenters. The highest BCUT2D eigenvalue weighted by Crippen LogP contribution is 2.36. The second-order valence-corrected chi connectivity index (χ2v) is 7.09. The largest absolute Gasteiger partial charge is 0.344 e. The van der Waals surface area contributed by atoms with Gasteiger partial charge in [-0.3, -0.25) is 9.59 Å². The van der Waals surface area contributed by atoms with Gasteiger partial charge in [-0.1, -0.05) is 13.0 Å². The third-order valence-electron chi connectivity index (χ3n) is 4.46. The molecule has 0 unspecified atom stereocenters. The summed E-state index contributed by atoms with van der Waals surface area (Å²) in [4.78, 5) is 27.8. The van der Waals surface area contributed by atoms with E-state index in [1.54, 1.807) is 18.4 Å². The second kappa shape index (κ2) is 6.92. The molecule has 7 heteroatoms. The van der Waals surface area contributed by atoms with Crippen molar-refractivity contribution in [3.05, 3.63) is 51.7 Å². The number of hydrogen-bond acceptors (Lipinski definition) is 3. The summed E-state index contributed by atoms with van der Waals surface area (Å²) in [6.07, 6.45) is 0.881. The predicted molar refractivity (Wildman–Crippen MR) is 92.6 cm³/mol. The number of amides is 2. The summed E-state index contributed by atoms with van der Waals surface area (Å²) in [5.41, 5.74) is 0.671. The molecule has 1 fully saturated rings. The van der Waals surface area contributed by atoms with Crippen LogP contribution in [0.2, 0.25) is 0 Å². The van der Waals surface area contributed by atoms with Crippen LogP contribution in [0.1, 0.15) is 23.3 Å². The van der Waals surface area contributed by atoms with Gasteiger partial charge < -0.3 is 10.2 Å². The Bertz CT molecular complexity index is 821. The Hall–Kier alpha value is -2.28. The van der Waals surface area contributed by atoms with Gasteiger partial charge in [0.2, 0.25) is 11.8 Å². The van der Waals surface area contributed by atoms with E-state index in [1.807, 2.05) is 18.4 Å². The normalized spacial score (nSPS) is 20.2. The minimum atomic E-state index is -1.13. The summed E-state index contributed by atoms with van der Waals surface area (Å²) in [5, 5.41) is 4.32. The van der Waals surface area contributed by atoms with Crippen molar-refractivity contribution in [2.75, 3.05) is 18.9 Å². The number of halogens is 2. The van der Waals surface area contributed by atoms with Crippen LogP contribution in [0.3, 0.4) is 0 Å². The molecule has 1 aliphatic heterocycles. The number of carbonyl (C=O) groups is 2. The first-order valence-corrected chi connectivity index (χ1v) is 8.87. The Morgan fingerprint density at radius 1 is 1.40 bits per heavy atom. The number of anilines is 1. The molecule has 2 aromatic rings. The maximum Gasteiger partial charge on any atom is 0.237 e. The predicted octanol–water partition coefficient (Wildman–Crippen LogP) is 3.40. The van der Waals surface area contributed by atoms with Crippen molar-refractivity contribution in [2.45, 2.75) is 19.3 Å². The highest BCUT2D eigenvalue weighted by Gasteiger charge is 2.44. The van der Waals surface area contributed by atoms with E-state index in [4.69, 9.17) is 0 Å². The van der Waals surface area contributed by atoms with E-state index in [9.17, 15) is 18.4 Å². The fourth-order valence-electron chi connectivity index (χ4n) is 3.08. The first kappa shape index (κ1) is 17.5. The van der Waals surface area contributed by atoms with E-state index in [-0.39, 0.29) is 17.5 Å². The van der Waals surface area contributed by atoms with Gasteiger partial charge >= 0.3 is 0 Å². The van der Waals surface area contributed by atoms with E-state index in [0.717, 1.165) is 18.1 Å². The molecule has 4 nitrogen and oxygen atoms in total. The van der Waals surface area contributed by atoms with Crippen LogP contribution in [-0.4, -0.2) is 30.3 Å². The number of nitrogens with one attached hydrogen (secondary N) is 1. The van der Waals surface area contributed by atoms with E-state index in [2.05, 4.69) is 5.32 Å². The summed E-state index contributed by atoms with van der Waals surface area (Å²) >= 11 is 1.59. The summed E-state index contributed by atoms with van der Waals surface area (Å²) < 4.78 is 27.1. The van der Waals surface area contributed by atoms with Gasteiger partial charge in [-0.15, -0.1) is 11.3 Å². The molecule has 1 N–H and O–H groups in total. The van der Waals surface area contributed by atoms with Gasteiger partial charge in [0.15, 0.2) is 11.6 Å². The van der Waals surface area contributed by atoms with Gasteiger partial charge in [-0.05, 0) is 35.6 Å². The third-order valence-corrected chi connectivity index (χ3v) is 5.56. The molecule has 1 saturated heterocycles. The molecule has 0 saturated carbocycles. The van der Waals surface area contributed by atoms with Crippen LogP contribution in [0.25, 0.3) is 0 Å². The van der Waals surface area contributed by atoms with Crippen molar-refractivity contribution in [3.8, 4) is 0 Å². The van der Waals surface area contributed by atoms with Gasteiger partial charge in [-0.25, -0.2) is 8.78 Å². The van der Waals surface area contributed by atoms with Gasteiger partial charge in [-0.2, -0.15) is 0 Å². The molecular formula is C18H18F2N2O2S. The molecule has 1 aromatic heterocycles. The van der Waals surface area contributed by atoms with Crippen LogP contribution in [0.5, 0.6) is 0 Å². The van der Waals surface area contributed by atoms with E-state index in [0.29, 0.717) is 6.54 Å². The molecule has 1 aromatic carbocycles. The Kier molecular flexibility index (Phi) is 4.85. The number of rotatable bonds is 4. The molecule has 25 heavy (non-hydrogen) atoms. The zero-order valence-corrected chi connectivity index (χ0v) is 14.7. The lowest BCUT2D eigenvalue weighted by Crippen LogP contribution is -2.33. The monoisotopic (exact) mass is 364 g/mol. The molecule has 0 aliphatic carbocycles. The lowest BCUT2D eigenvalue weighted by molar-refractivity contribution is -0.135. The summed E-state index contributed by atoms with van der Waals surface area (Å²) in [5.74, 6) is -4.36. The summed E-state index contributed by atoms with van der Waals surface area (Å²) in [7, 11) is 1.64. The Morgan fingerprint density at radius 3 is 2.84 bits per heavy atom. The number of thiophene rings is 1. The smallest absolute Gasteiger partial charge is 0.237 e. The molecule has 2 amide bonds. The zero-order chi connectivity index (χ0) is 18.1. The summed E-state index contributed by atoms with van der Waals surface area (Å²) in [6, 6.07) is 5.56. The fraction of sp³-hybridized carbons (Fsp3) is 0.333. The van der Waals surface area contributed by atoms with Crippen LogP contribution in [0.4, 0.5) is 14.5 Å². The number of carbonyl (C=O) groups excluding carboxylic acids is 2. The maximum absolute atomic E-state index is 13.8. The van der Waals surface area contributed by atoms with E-state index in [1.165, 1.54) is 21.9 Å². The Labute approximate surface area is 148 Å². The molecule has 3 rings (SSSR count). The van der Waals surface area contributed by atoms with Crippen LogP contribution in [-0.2, 0) is 16.0 Å². The maximum atomic E-state index is 13.8. The molecule has 132 valence electrons. The van der Waals surface area contributed by atoms with Gasteiger partial charge in [0.05, 0.1) is 5.69 Å². The number of aryl methyl sites for hydroxylation is 1. The lowest BCUT2D eigenvalue weighted by atomic mass is 9.89. The number of likely N-dealkylation sites (N-methyl/N-ethyl adjacent to an activating group) is 1. The molecular weight excluding hydrogens is 346 g/mol. The Balaban J connectivity index is 1.87. The number of benzene rings is 1. The topological polar surface area (TPSA) is 49.4 Å². The minimum absolute atomic E-state index is 0.259. The first-order chi connectivity index (χ1) is 11.9. The first-order valence-electron chi connectivity index (χ1n) is 7.99. The third kappa shape index (κ3) is 3.28. The van der Waals surface area contributed by atoms with Gasteiger partial charge in [0.25, 0.3) is 0 Å². The number of hydrogen-bond donors (Lipinski definition) is 1. The van der Waals surface area contributed by atoms with Gasteiger partial charge in [0.1, 0.15) is 5.92 Å². The van der Waals surface area contributed by atoms with E-state index >= 15 is 0 Å². The standard InChI is InChI=1S/C18H18F2N2O2S/c1-3-11-7-10(9-25-11)12-8-22(2)18(24)15(12)17(23)21-14-6-4-5-13(19)16(14)20/h4-7,9,12,15H,3,8H2,1-2H3,(H,21,23)/t12-,15+/m1/s1. The quantitative estimate of drug-likeness (QED) is 0.846. The van der Waals surface area contributed by atoms with Crippen molar-refractivity contribution < 1.29 is 18.4 Å². The molecule has 2 heterocycles. The molecule has 0 spiro atoms. The minimum Gasteiger partial charge on any atom is -0.344 e. The van der Waals surface area contributed by atoms with Crippen LogP contribution < -0.4 is 5.32 Å². The lowest BCUT2D eigenvalue weighted by Gasteiger charge is -2.16. The fourth-order valence-corrected chi connectivity index (χ4v) is 3.98. The molecule has 1 aliphatic rings. The molecule has 0 radical (unpaired) electrons. The number of likely N-dealkylation sites (tertiary alicyclic amines) is 1. The average Bonchev–Trinajstić information content (AvgIpc) is 3.17. The van der Waals surface area contributed by atoms with Crippen LogP contribution >= 0.6 is 11.3 Å². The van der Waals surface area contributed by atoms with Gasteiger partial charge in [0, 0.05) is 24.4 Å². The SMILES string of the molecule is CCc1cc([C@H]2CN(C)C(=O)[C@@H]2C(=O)Nc2cccc(F)c2F)cs1. The highest BCUT2D eigenvalue weighted by molar-refractivity contribution is 7.10. The van der Waals surface area contributed by atoms with Crippen molar-refractivity contribution >= 4 is 28.8 Å². The Morgan fingerprint density at radius 2 is 2.16 bits per heavy atom. The molecule has 0 bridgehead atoms. The van der Waals surface area contributed by atoms with Crippen molar-refractivity contribution in [3.63, 3.8) is 0 Å². The van der Waals surface area contributed by atoms with Crippen LogP contribution in [0.15, 0.2) is 29.6 Å². The van der Waals surface area contributed by atoms with Crippen molar-refractivity contribution in [1.29, 1.82) is 0 Å². The van der Waals surface area contributed by atoms with E-state index < -0.39 is 23.5 Å². The number of nitrogens with zero attached hydrogens (tertiary/aromatic N) is 1. The van der Waals surface area contributed by atoms with Crippen molar-refractivity contribution in [1.82, 2.24) is 4.90 Å². The van der Waals surface area contributed by atoms with Crippen molar-refractivity contribution in [2.24, 2.45) is 5.92 Å². The van der Waals surface area contributed by atoms with Crippen LogP contribution in [0, 0.1) is 17.6 Å². The second-order valence-electron chi connectivity index (χ2n) is 6.09. The highest BCUT2D eigenvalue weighted by atomic mass is 32.1. The average molecular weight is 364 g/mol. The summed E-state index contributed by atoms with van der Waals surface area (Å²) in [6.45, 7) is 2.46.